The highest BCUT2D eigenvalue weighted by atomic mass is 16.5. The van der Waals surface area contributed by atoms with Gasteiger partial charge in [0.05, 0.1) is 5.69 Å². The number of H-pyrrole nitrogens is 1. The molecule has 0 bridgehead atoms. The van der Waals surface area contributed by atoms with Crippen molar-refractivity contribution in [2.45, 2.75) is 25.8 Å². The average Bonchev–Trinajstić information content (AvgIpc) is 2.68. The van der Waals surface area contributed by atoms with Gasteiger partial charge < -0.3 is 15.6 Å². The van der Waals surface area contributed by atoms with Crippen LogP contribution in [0.15, 0.2) is 10.9 Å². The second-order valence-corrected chi connectivity index (χ2v) is 4.47. The van der Waals surface area contributed by atoms with Crippen molar-refractivity contribution in [1.82, 2.24) is 14.6 Å². The summed E-state index contributed by atoms with van der Waals surface area (Å²) in [4.78, 5) is 14.8. The van der Waals surface area contributed by atoms with Crippen LogP contribution in [-0.4, -0.2) is 34.8 Å². The lowest BCUT2D eigenvalue weighted by molar-refractivity contribution is 0.242. The molecule has 18 heavy (non-hydrogen) atoms. The maximum atomic E-state index is 12.0. The van der Waals surface area contributed by atoms with Gasteiger partial charge in [0, 0.05) is 13.1 Å². The fourth-order valence-electron chi connectivity index (χ4n) is 2.44. The van der Waals surface area contributed by atoms with Gasteiger partial charge in [-0.3, -0.25) is 9.55 Å². The topological polar surface area (TPSA) is 76.1 Å². The van der Waals surface area contributed by atoms with Gasteiger partial charge in [-0.15, -0.1) is 0 Å². The van der Waals surface area contributed by atoms with Gasteiger partial charge in [-0.05, 0) is 38.9 Å². The van der Waals surface area contributed by atoms with Crippen LogP contribution in [0.3, 0.4) is 0 Å². The second-order valence-electron chi connectivity index (χ2n) is 4.47. The van der Waals surface area contributed by atoms with E-state index >= 15 is 0 Å². The highest BCUT2D eigenvalue weighted by molar-refractivity contribution is 5.59. The number of hydroxylamine groups is 2. The van der Waals surface area contributed by atoms with Crippen molar-refractivity contribution < 1.29 is 0 Å². The number of aromatic amines is 1. The average molecular weight is 251 g/mol. The van der Waals surface area contributed by atoms with Crippen LogP contribution in [0, 0.1) is 5.21 Å². The fraction of sp³-hybridized carbons (Fsp3) is 0.583. The molecule has 0 amide bonds. The maximum absolute atomic E-state index is 12.0. The van der Waals surface area contributed by atoms with E-state index < -0.39 is 0 Å². The Morgan fingerprint density at radius 3 is 2.67 bits per heavy atom. The molecule has 0 saturated carbocycles. The van der Waals surface area contributed by atoms with Gasteiger partial charge in [-0.25, -0.2) is 4.79 Å². The van der Waals surface area contributed by atoms with E-state index in [9.17, 15) is 10.0 Å². The number of aromatic nitrogens is 2. The first kappa shape index (κ1) is 12.9. The molecule has 1 aliphatic heterocycles. The molecule has 0 aliphatic carbocycles. The molecular formula is C12H19N4O2-. The fourth-order valence-corrected chi connectivity index (χ4v) is 2.44. The largest absolute Gasteiger partial charge is 0.785 e. The summed E-state index contributed by atoms with van der Waals surface area (Å²) in [5, 5.41) is 15.2. The molecule has 2 heterocycles. The quantitative estimate of drug-likeness (QED) is 0.851. The number of hydrogen-bond donors (Lipinski definition) is 2. The molecule has 0 unspecified atom stereocenters. The third-order valence-electron chi connectivity index (χ3n) is 3.33. The number of rotatable bonds is 3. The van der Waals surface area contributed by atoms with Crippen LogP contribution in [0.5, 0.6) is 0 Å². The molecular weight excluding hydrogens is 232 g/mol. The number of allylic oxidation sites excluding steroid dienone is 1. The minimum absolute atomic E-state index is 0.104. The van der Waals surface area contributed by atoms with E-state index in [1.165, 1.54) is 0 Å². The normalized spacial score (nSPS) is 18.6. The molecule has 2 N–H and O–H groups in total. The summed E-state index contributed by atoms with van der Waals surface area (Å²) in [6.07, 6.45) is 5.25. The lowest BCUT2D eigenvalue weighted by Crippen LogP contribution is -2.34. The Bertz CT molecular complexity index is 481. The number of hydrogen-bond acceptors (Lipinski definition) is 4. The van der Waals surface area contributed by atoms with E-state index in [1.807, 2.05) is 19.1 Å². The Hall–Kier alpha value is -1.53. The molecule has 100 valence electrons. The van der Waals surface area contributed by atoms with E-state index in [-0.39, 0.29) is 11.7 Å². The van der Waals surface area contributed by atoms with E-state index in [0.717, 1.165) is 29.4 Å². The summed E-state index contributed by atoms with van der Waals surface area (Å²) >= 11 is 0. The van der Waals surface area contributed by atoms with Gasteiger partial charge >= 0.3 is 5.69 Å². The zero-order valence-corrected chi connectivity index (χ0v) is 10.8. The summed E-state index contributed by atoms with van der Waals surface area (Å²) in [5.41, 5.74) is 0.742. The van der Waals surface area contributed by atoms with Gasteiger partial charge in [0.1, 0.15) is 5.82 Å². The van der Waals surface area contributed by atoms with E-state index in [1.54, 1.807) is 11.6 Å². The smallest absolute Gasteiger partial charge is 0.327 e. The molecule has 0 spiro atoms. The minimum atomic E-state index is -0.114. The predicted octanol–water partition coefficient (Wildman–Crippen LogP) is 1.39. The van der Waals surface area contributed by atoms with Crippen LogP contribution in [0.1, 0.15) is 31.5 Å². The highest BCUT2D eigenvalue weighted by Gasteiger charge is 2.22. The first-order valence-electron chi connectivity index (χ1n) is 6.24. The number of imidazole rings is 1. The Morgan fingerprint density at radius 2 is 2.11 bits per heavy atom. The summed E-state index contributed by atoms with van der Waals surface area (Å²) in [7, 11) is 1.78. The second kappa shape index (κ2) is 5.41. The van der Waals surface area contributed by atoms with Crippen molar-refractivity contribution >= 4 is 11.9 Å². The van der Waals surface area contributed by atoms with E-state index in [2.05, 4.69) is 10.3 Å². The van der Waals surface area contributed by atoms with Gasteiger partial charge in [-0.2, -0.15) is 0 Å². The number of piperidine rings is 1. The number of nitrogens with one attached hydrogen (secondary N) is 2. The van der Waals surface area contributed by atoms with Crippen molar-refractivity contribution in [1.29, 1.82) is 0 Å². The first-order chi connectivity index (χ1) is 8.67. The van der Waals surface area contributed by atoms with Crippen LogP contribution in [-0.2, 0) is 0 Å². The van der Waals surface area contributed by atoms with E-state index in [0.29, 0.717) is 13.1 Å². The zero-order chi connectivity index (χ0) is 13.1. The first-order valence-corrected chi connectivity index (χ1v) is 6.24. The van der Waals surface area contributed by atoms with Gasteiger partial charge in [0.25, 0.3) is 0 Å². The van der Waals surface area contributed by atoms with Crippen molar-refractivity contribution in [3.05, 3.63) is 27.5 Å². The molecule has 0 aromatic carbocycles. The van der Waals surface area contributed by atoms with Crippen molar-refractivity contribution in [2.75, 3.05) is 25.5 Å². The van der Waals surface area contributed by atoms with Crippen molar-refractivity contribution in [2.24, 2.45) is 0 Å². The standard InChI is InChI=1S/C12H19N4O2/c1-3-4-10-11(13-2)14-12(17)16(10)9-5-7-15(18)8-6-9/h3-4,9,13H,5-8H2,1-2H3,(H,14,17)/q-1/b4-3-. The van der Waals surface area contributed by atoms with E-state index in [4.69, 9.17) is 0 Å². The molecule has 0 atom stereocenters. The molecule has 1 aliphatic rings. The molecule has 6 nitrogen and oxygen atoms in total. The molecule has 1 fully saturated rings. The monoisotopic (exact) mass is 251 g/mol. The van der Waals surface area contributed by atoms with Crippen LogP contribution in [0.25, 0.3) is 6.08 Å². The van der Waals surface area contributed by atoms with Gasteiger partial charge in [0.15, 0.2) is 0 Å². The third-order valence-corrected chi connectivity index (χ3v) is 3.33. The van der Waals surface area contributed by atoms with Gasteiger partial charge in [0.2, 0.25) is 0 Å². The molecule has 0 radical (unpaired) electrons. The van der Waals surface area contributed by atoms with Crippen LogP contribution in [0.2, 0.25) is 0 Å². The molecule has 2 rings (SSSR count). The third kappa shape index (κ3) is 2.34. The highest BCUT2D eigenvalue weighted by Crippen LogP contribution is 2.25. The van der Waals surface area contributed by atoms with Crippen molar-refractivity contribution in [3.63, 3.8) is 0 Å². The lowest BCUT2D eigenvalue weighted by atomic mass is 10.1. The Morgan fingerprint density at radius 1 is 1.44 bits per heavy atom. The van der Waals surface area contributed by atoms with Crippen LogP contribution in [0.4, 0.5) is 5.82 Å². The van der Waals surface area contributed by atoms with Crippen LogP contribution >= 0.6 is 0 Å². The van der Waals surface area contributed by atoms with Crippen molar-refractivity contribution in [3.8, 4) is 0 Å². The molecule has 1 saturated heterocycles. The molecule has 1 aromatic rings. The summed E-state index contributed by atoms with van der Waals surface area (Å²) < 4.78 is 1.76. The minimum Gasteiger partial charge on any atom is -0.785 e. The Kier molecular flexibility index (Phi) is 3.88. The SMILES string of the molecule is C/C=C\c1c(NC)[nH]c(=O)n1C1CCN([O-])CC1. The van der Waals surface area contributed by atoms with Gasteiger partial charge in [-0.1, -0.05) is 6.08 Å². The summed E-state index contributed by atoms with van der Waals surface area (Å²) in [6, 6.07) is 0.104. The lowest BCUT2D eigenvalue weighted by Gasteiger charge is -2.36. The maximum Gasteiger partial charge on any atom is 0.327 e. The summed E-state index contributed by atoms with van der Waals surface area (Å²) in [5.74, 6) is 0.725. The number of anilines is 1. The Balaban J connectivity index is 2.37. The predicted molar refractivity (Wildman–Crippen MR) is 72.5 cm³/mol. The zero-order valence-electron chi connectivity index (χ0n) is 10.8. The molecule has 6 heteroatoms. The Labute approximate surface area is 106 Å². The summed E-state index contributed by atoms with van der Waals surface area (Å²) in [6.45, 7) is 2.90. The number of nitrogens with zero attached hydrogens (tertiary/aromatic N) is 2. The van der Waals surface area contributed by atoms with Crippen LogP contribution < -0.4 is 11.0 Å². The molecule has 1 aromatic heterocycles.